The van der Waals surface area contributed by atoms with Crippen LogP contribution in [0.4, 0.5) is 0 Å². The quantitative estimate of drug-likeness (QED) is 0.868. The fraction of sp³-hybridized carbons (Fsp3) is 0.200. The van der Waals surface area contributed by atoms with Crippen molar-refractivity contribution in [3.63, 3.8) is 0 Å². The minimum absolute atomic E-state index is 0.00600. The van der Waals surface area contributed by atoms with Crippen LogP contribution in [0.2, 0.25) is 0 Å². The molecule has 0 unspecified atom stereocenters. The van der Waals surface area contributed by atoms with Crippen LogP contribution in [0.25, 0.3) is 0 Å². The van der Waals surface area contributed by atoms with Gasteiger partial charge in [0.1, 0.15) is 0 Å². The highest BCUT2D eigenvalue weighted by Crippen LogP contribution is 2.13. The molecule has 98 valence electrons. The van der Waals surface area contributed by atoms with Crippen molar-refractivity contribution >= 4 is 21.8 Å². The molecule has 0 aliphatic heterocycles. The number of hydrogen-bond acceptors (Lipinski definition) is 2. The minimum Gasteiger partial charge on any atom is -0.337 e. The maximum atomic E-state index is 12.3. The second kappa shape index (κ2) is 5.97. The summed E-state index contributed by atoms with van der Waals surface area (Å²) in [6.07, 6.45) is 1.70. The van der Waals surface area contributed by atoms with Gasteiger partial charge in [0.15, 0.2) is 0 Å². The molecule has 0 aliphatic carbocycles. The Kier molecular flexibility index (Phi) is 4.32. The van der Waals surface area contributed by atoms with Crippen LogP contribution in [0.3, 0.4) is 0 Å². The topological polar surface area (TPSA) is 33.2 Å². The molecule has 0 saturated heterocycles. The van der Waals surface area contributed by atoms with Crippen molar-refractivity contribution in [1.29, 1.82) is 0 Å². The van der Waals surface area contributed by atoms with Gasteiger partial charge in [-0.25, -0.2) is 0 Å². The smallest absolute Gasteiger partial charge is 0.255 e. The molecule has 1 amide bonds. The molecule has 1 heterocycles. The molecule has 0 spiro atoms. The van der Waals surface area contributed by atoms with Gasteiger partial charge in [-0.1, -0.05) is 28.1 Å². The summed E-state index contributed by atoms with van der Waals surface area (Å²) >= 11 is 3.40. The maximum absolute atomic E-state index is 12.3. The molecule has 3 nitrogen and oxygen atoms in total. The minimum atomic E-state index is -0.00600. The van der Waals surface area contributed by atoms with Gasteiger partial charge in [-0.2, -0.15) is 0 Å². The second-order valence-corrected chi connectivity index (χ2v) is 5.34. The number of amides is 1. The van der Waals surface area contributed by atoms with E-state index in [0.717, 1.165) is 15.7 Å². The average molecular weight is 319 g/mol. The van der Waals surface area contributed by atoms with Crippen LogP contribution in [0, 0.1) is 6.92 Å². The Morgan fingerprint density at radius 3 is 2.58 bits per heavy atom. The zero-order valence-corrected chi connectivity index (χ0v) is 12.5. The van der Waals surface area contributed by atoms with E-state index in [-0.39, 0.29) is 5.91 Å². The molecule has 1 aromatic carbocycles. The van der Waals surface area contributed by atoms with Gasteiger partial charge in [0, 0.05) is 30.0 Å². The van der Waals surface area contributed by atoms with Gasteiger partial charge >= 0.3 is 0 Å². The molecule has 0 aliphatic rings. The van der Waals surface area contributed by atoms with E-state index in [1.54, 1.807) is 24.2 Å². The van der Waals surface area contributed by atoms with Gasteiger partial charge in [0.05, 0.1) is 5.56 Å². The normalized spacial score (nSPS) is 10.3. The molecule has 2 aromatic rings. The molecule has 0 atom stereocenters. The zero-order chi connectivity index (χ0) is 13.8. The highest BCUT2D eigenvalue weighted by Gasteiger charge is 2.14. The Hall–Kier alpha value is -1.68. The van der Waals surface area contributed by atoms with Crippen molar-refractivity contribution in [2.75, 3.05) is 7.05 Å². The third-order valence-corrected chi connectivity index (χ3v) is 3.45. The van der Waals surface area contributed by atoms with Gasteiger partial charge in [-0.05, 0) is 36.8 Å². The van der Waals surface area contributed by atoms with Gasteiger partial charge < -0.3 is 4.90 Å². The fourth-order valence-electron chi connectivity index (χ4n) is 1.85. The molecular formula is C15H15BrN2O. The Labute approximate surface area is 121 Å². The molecule has 0 N–H and O–H groups in total. The number of halogens is 1. The lowest BCUT2D eigenvalue weighted by Crippen LogP contribution is -2.27. The number of hydrogen-bond donors (Lipinski definition) is 0. The van der Waals surface area contributed by atoms with Gasteiger partial charge in [-0.15, -0.1) is 0 Å². The molecule has 4 heteroatoms. The lowest BCUT2D eigenvalue weighted by atomic mass is 10.1. The summed E-state index contributed by atoms with van der Waals surface area (Å²) in [5, 5.41) is 0. The Morgan fingerprint density at radius 1 is 1.26 bits per heavy atom. The predicted octanol–water partition coefficient (Wildman–Crippen LogP) is 3.42. The van der Waals surface area contributed by atoms with Crippen molar-refractivity contribution in [2.45, 2.75) is 13.5 Å². The fourth-order valence-corrected chi connectivity index (χ4v) is 2.12. The number of nitrogens with zero attached hydrogens (tertiary/aromatic N) is 2. The van der Waals surface area contributed by atoms with Crippen molar-refractivity contribution in [3.05, 3.63) is 63.9 Å². The van der Waals surface area contributed by atoms with Crippen LogP contribution < -0.4 is 0 Å². The summed E-state index contributed by atoms with van der Waals surface area (Å²) in [5.41, 5.74) is 2.51. The summed E-state index contributed by atoms with van der Waals surface area (Å²) in [4.78, 5) is 18.2. The summed E-state index contributed by atoms with van der Waals surface area (Å²) in [6, 6.07) is 11.6. The standard InChI is InChI=1S/C15H15BrN2O/c1-11-14(4-3-9-17-11)15(19)18(2)10-12-5-7-13(16)8-6-12/h3-9H,10H2,1-2H3. The van der Waals surface area contributed by atoms with Gasteiger partial charge in [0.25, 0.3) is 5.91 Å². The Bertz CT molecular complexity index is 581. The second-order valence-electron chi connectivity index (χ2n) is 4.42. The SMILES string of the molecule is Cc1ncccc1C(=O)N(C)Cc1ccc(Br)cc1. The molecular weight excluding hydrogens is 304 g/mol. The molecule has 0 fully saturated rings. The predicted molar refractivity (Wildman–Crippen MR) is 78.9 cm³/mol. The summed E-state index contributed by atoms with van der Waals surface area (Å²) in [7, 11) is 1.80. The summed E-state index contributed by atoms with van der Waals surface area (Å²) < 4.78 is 1.04. The zero-order valence-electron chi connectivity index (χ0n) is 10.9. The van der Waals surface area contributed by atoms with E-state index < -0.39 is 0 Å². The molecule has 19 heavy (non-hydrogen) atoms. The van der Waals surface area contributed by atoms with E-state index >= 15 is 0 Å². The Morgan fingerprint density at radius 2 is 1.95 bits per heavy atom. The van der Waals surface area contributed by atoms with Crippen LogP contribution in [0.1, 0.15) is 21.6 Å². The van der Waals surface area contributed by atoms with Crippen molar-refractivity contribution in [3.8, 4) is 0 Å². The van der Waals surface area contributed by atoms with Crippen molar-refractivity contribution in [1.82, 2.24) is 9.88 Å². The van der Waals surface area contributed by atoms with E-state index in [9.17, 15) is 4.79 Å². The molecule has 2 rings (SSSR count). The van der Waals surface area contributed by atoms with Crippen LogP contribution in [0.5, 0.6) is 0 Å². The lowest BCUT2D eigenvalue weighted by Gasteiger charge is -2.18. The average Bonchev–Trinajstić information content (AvgIpc) is 2.41. The number of carbonyl (C=O) groups excluding carboxylic acids is 1. The van der Waals surface area contributed by atoms with Crippen LogP contribution >= 0.6 is 15.9 Å². The van der Waals surface area contributed by atoms with Crippen LogP contribution in [-0.4, -0.2) is 22.8 Å². The number of pyridine rings is 1. The first-order valence-corrected chi connectivity index (χ1v) is 6.79. The molecule has 0 radical (unpaired) electrons. The maximum Gasteiger partial charge on any atom is 0.255 e. The van der Waals surface area contributed by atoms with E-state index in [1.807, 2.05) is 37.3 Å². The number of rotatable bonds is 3. The van der Waals surface area contributed by atoms with E-state index in [2.05, 4.69) is 20.9 Å². The van der Waals surface area contributed by atoms with Crippen molar-refractivity contribution in [2.24, 2.45) is 0 Å². The lowest BCUT2D eigenvalue weighted by molar-refractivity contribution is 0.0784. The van der Waals surface area contributed by atoms with Gasteiger partial charge in [0.2, 0.25) is 0 Å². The number of aromatic nitrogens is 1. The molecule has 1 aromatic heterocycles. The first-order chi connectivity index (χ1) is 9.08. The van der Waals surface area contributed by atoms with Crippen LogP contribution in [-0.2, 0) is 6.54 Å². The monoisotopic (exact) mass is 318 g/mol. The molecule has 0 bridgehead atoms. The highest BCUT2D eigenvalue weighted by molar-refractivity contribution is 9.10. The van der Waals surface area contributed by atoms with Crippen molar-refractivity contribution < 1.29 is 4.79 Å². The third kappa shape index (κ3) is 3.41. The molecule has 0 saturated carbocycles. The largest absolute Gasteiger partial charge is 0.337 e. The number of carbonyl (C=O) groups is 1. The van der Waals surface area contributed by atoms with Gasteiger partial charge in [-0.3, -0.25) is 9.78 Å². The highest BCUT2D eigenvalue weighted by atomic mass is 79.9. The summed E-state index contributed by atoms with van der Waals surface area (Å²) in [5.74, 6) is -0.00600. The summed E-state index contributed by atoms with van der Waals surface area (Å²) in [6.45, 7) is 2.43. The van der Waals surface area contributed by atoms with E-state index in [4.69, 9.17) is 0 Å². The first kappa shape index (κ1) is 13.7. The Balaban J connectivity index is 2.12. The number of aryl methyl sites for hydroxylation is 1. The van der Waals surface area contributed by atoms with Crippen LogP contribution in [0.15, 0.2) is 47.1 Å². The first-order valence-electron chi connectivity index (χ1n) is 5.99. The van der Waals surface area contributed by atoms with E-state index in [0.29, 0.717) is 12.1 Å². The number of benzene rings is 1. The van der Waals surface area contributed by atoms with E-state index in [1.165, 1.54) is 0 Å². The third-order valence-electron chi connectivity index (χ3n) is 2.92.